The molecule has 0 atom stereocenters. The molecule has 1 aromatic heterocycles. The quantitative estimate of drug-likeness (QED) is 0.580. The highest BCUT2D eigenvalue weighted by Crippen LogP contribution is 2.28. The summed E-state index contributed by atoms with van der Waals surface area (Å²) in [6.07, 6.45) is 0. The molecule has 1 heterocycles. The summed E-state index contributed by atoms with van der Waals surface area (Å²) >= 11 is 7.44. The summed E-state index contributed by atoms with van der Waals surface area (Å²) in [4.78, 5) is 20.9. The van der Waals surface area contributed by atoms with Crippen LogP contribution in [0.4, 0.5) is 5.13 Å². The SMILES string of the molecule is CC[NH+](CC)CCN(C(=O)COc1ccc(Cl)cc1)c1nc2ccccc2s1. The number of anilines is 1. The Labute approximate surface area is 174 Å². The van der Waals surface area contributed by atoms with Gasteiger partial charge in [0.2, 0.25) is 0 Å². The first kappa shape index (κ1) is 20.6. The van der Waals surface area contributed by atoms with Gasteiger partial charge in [-0.15, -0.1) is 0 Å². The zero-order chi connectivity index (χ0) is 19.9. The van der Waals surface area contributed by atoms with Crippen LogP contribution in [0.2, 0.25) is 5.02 Å². The molecule has 0 bridgehead atoms. The number of hydrogen-bond donors (Lipinski definition) is 1. The van der Waals surface area contributed by atoms with E-state index in [0.717, 1.165) is 35.0 Å². The zero-order valence-corrected chi connectivity index (χ0v) is 17.7. The Morgan fingerprint density at radius 2 is 1.86 bits per heavy atom. The third kappa shape index (κ3) is 5.22. The Hall–Kier alpha value is -2.15. The van der Waals surface area contributed by atoms with Crippen molar-refractivity contribution in [1.29, 1.82) is 0 Å². The highest BCUT2D eigenvalue weighted by Gasteiger charge is 2.22. The maximum Gasteiger partial charge on any atom is 0.266 e. The maximum atomic E-state index is 13.0. The van der Waals surface area contributed by atoms with Gasteiger partial charge in [-0.2, -0.15) is 0 Å². The number of hydrogen-bond acceptors (Lipinski definition) is 4. The third-order valence-corrected chi connectivity index (χ3v) is 5.99. The van der Waals surface area contributed by atoms with Gasteiger partial charge in [0.25, 0.3) is 5.91 Å². The average Bonchev–Trinajstić information content (AvgIpc) is 3.14. The van der Waals surface area contributed by atoms with E-state index in [4.69, 9.17) is 16.3 Å². The molecule has 1 N–H and O–H groups in total. The number of carbonyl (C=O) groups is 1. The monoisotopic (exact) mass is 418 g/mol. The summed E-state index contributed by atoms with van der Waals surface area (Å²) in [6.45, 7) is 7.82. The summed E-state index contributed by atoms with van der Waals surface area (Å²) in [5.74, 6) is 0.525. The summed E-state index contributed by atoms with van der Waals surface area (Å²) in [7, 11) is 0. The van der Waals surface area contributed by atoms with Crippen LogP contribution in [-0.2, 0) is 4.79 Å². The number of benzene rings is 2. The number of ether oxygens (including phenoxy) is 1. The highest BCUT2D eigenvalue weighted by molar-refractivity contribution is 7.22. The molecule has 7 heteroatoms. The van der Waals surface area contributed by atoms with Crippen molar-refractivity contribution in [3.8, 4) is 5.75 Å². The first-order chi connectivity index (χ1) is 13.6. The van der Waals surface area contributed by atoms with Gasteiger partial charge in [-0.05, 0) is 50.2 Å². The number of likely N-dealkylation sites (N-methyl/N-ethyl adjacent to an activating group) is 1. The number of thiazole rings is 1. The molecule has 0 spiro atoms. The van der Waals surface area contributed by atoms with Gasteiger partial charge in [0.05, 0.1) is 36.4 Å². The second-order valence-electron chi connectivity index (χ2n) is 6.46. The predicted octanol–water partition coefficient (Wildman–Crippen LogP) is 3.29. The van der Waals surface area contributed by atoms with Crippen molar-refractivity contribution in [3.05, 3.63) is 53.6 Å². The minimum absolute atomic E-state index is 0.0366. The van der Waals surface area contributed by atoms with Crippen LogP contribution in [0.5, 0.6) is 5.75 Å². The lowest BCUT2D eigenvalue weighted by Gasteiger charge is -2.23. The number of aromatic nitrogens is 1. The molecule has 1 amide bonds. The van der Waals surface area contributed by atoms with Gasteiger partial charge in [-0.3, -0.25) is 9.69 Å². The van der Waals surface area contributed by atoms with Crippen LogP contribution >= 0.6 is 22.9 Å². The zero-order valence-electron chi connectivity index (χ0n) is 16.2. The van der Waals surface area contributed by atoms with Crippen molar-refractivity contribution in [2.24, 2.45) is 0 Å². The van der Waals surface area contributed by atoms with Crippen molar-refractivity contribution < 1.29 is 14.4 Å². The smallest absolute Gasteiger partial charge is 0.266 e. The molecule has 0 radical (unpaired) electrons. The molecule has 148 valence electrons. The molecule has 0 fully saturated rings. The Balaban J connectivity index is 1.75. The second kappa shape index (κ2) is 9.87. The number of nitrogens with one attached hydrogen (secondary N) is 1. The fraction of sp³-hybridized carbons (Fsp3) is 0.333. The fourth-order valence-electron chi connectivity index (χ4n) is 2.93. The van der Waals surface area contributed by atoms with Gasteiger partial charge in [0.15, 0.2) is 11.7 Å². The van der Waals surface area contributed by atoms with Gasteiger partial charge in [-0.25, -0.2) is 4.98 Å². The second-order valence-corrected chi connectivity index (χ2v) is 7.90. The molecule has 0 saturated carbocycles. The van der Waals surface area contributed by atoms with Gasteiger partial charge >= 0.3 is 0 Å². The fourth-order valence-corrected chi connectivity index (χ4v) is 4.06. The largest absolute Gasteiger partial charge is 0.484 e. The number of rotatable bonds is 9. The van der Waals surface area contributed by atoms with E-state index in [1.807, 2.05) is 24.3 Å². The Morgan fingerprint density at radius 3 is 2.54 bits per heavy atom. The van der Waals surface area contributed by atoms with Crippen LogP contribution < -0.4 is 14.5 Å². The lowest BCUT2D eigenvalue weighted by Crippen LogP contribution is -3.12. The standard InChI is InChI=1S/C21H24ClN3O2S/c1-3-24(4-2)13-14-25(21-23-18-7-5-6-8-19(18)28-21)20(26)15-27-17-11-9-16(22)10-12-17/h5-12H,3-4,13-15H2,1-2H3/p+1. The van der Waals surface area contributed by atoms with Crippen LogP contribution in [0.3, 0.4) is 0 Å². The molecule has 3 rings (SSSR count). The maximum absolute atomic E-state index is 13.0. The molecular formula is C21H25ClN3O2S+. The first-order valence-electron chi connectivity index (χ1n) is 9.48. The van der Waals surface area contributed by atoms with Crippen molar-refractivity contribution in [2.75, 3.05) is 37.7 Å². The van der Waals surface area contributed by atoms with E-state index in [9.17, 15) is 4.79 Å². The lowest BCUT2D eigenvalue weighted by molar-refractivity contribution is -0.894. The average molecular weight is 419 g/mol. The van der Waals surface area contributed by atoms with Crippen molar-refractivity contribution in [2.45, 2.75) is 13.8 Å². The minimum Gasteiger partial charge on any atom is -0.484 e. The Kier molecular flexibility index (Phi) is 7.25. The van der Waals surface area contributed by atoms with Gasteiger partial charge < -0.3 is 9.64 Å². The van der Waals surface area contributed by atoms with Crippen molar-refractivity contribution >= 4 is 44.2 Å². The van der Waals surface area contributed by atoms with Gasteiger partial charge in [0, 0.05) is 5.02 Å². The van der Waals surface area contributed by atoms with E-state index in [1.54, 1.807) is 29.2 Å². The predicted molar refractivity (Wildman–Crippen MR) is 116 cm³/mol. The molecule has 3 aromatic rings. The van der Waals surface area contributed by atoms with Crippen LogP contribution in [0.15, 0.2) is 48.5 Å². The molecule has 28 heavy (non-hydrogen) atoms. The summed E-state index contributed by atoms with van der Waals surface area (Å²) in [5.41, 5.74) is 0.911. The van der Waals surface area contributed by atoms with Crippen molar-refractivity contribution in [3.63, 3.8) is 0 Å². The number of para-hydroxylation sites is 1. The molecule has 0 aliphatic rings. The van der Waals surface area contributed by atoms with E-state index in [0.29, 0.717) is 17.3 Å². The highest BCUT2D eigenvalue weighted by atomic mass is 35.5. The van der Waals surface area contributed by atoms with E-state index in [-0.39, 0.29) is 12.5 Å². The van der Waals surface area contributed by atoms with E-state index in [2.05, 4.69) is 18.8 Å². The third-order valence-electron chi connectivity index (χ3n) is 4.68. The lowest BCUT2D eigenvalue weighted by atomic mass is 10.3. The number of fused-ring (bicyclic) bond motifs is 1. The molecule has 0 aliphatic heterocycles. The minimum atomic E-state index is -0.0967. The van der Waals surface area contributed by atoms with Crippen LogP contribution in [-0.4, -0.2) is 43.7 Å². The Morgan fingerprint density at radius 1 is 1.14 bits per heavy atom. The topological polar surface area (TPSA) is 46.9 Å². The van der Waals surface area contributed by atoms with Crippen molar-refractivity contribution in [1.82, 2.24) is 4.98 Å². The van der Waals surface area contributed by atoms with Gasteiger partial charge in [0.1, 0.15) is 5.75 Å². The first-order valence-corrected chi connectivity index (χ1v) is 10.7. The number of quaternary nitrogens is 1. The summed E-state index contributed by atoms with van der Waals surface area (Å²) in [6, 6.07) is 15.0. The molecule has 2 aromatic carbocycles. The van der Waals surface area contributed by atoms with Gasteiger partial charge in [-0.1, -0.05) is 35.1 Å². The number of amides is 1. The molecule has 0 unspecified atom stereocenters. The molecule has 5 nitrogen and oxygen atoms in total. The summed E-state index contributed by atoms with van der Waals surface area (Å²) < 4.78 is 6.75. The van der Waals surface area contributed by atoms with E-state index >= 15 is 0 Å². The van der Waals surface area contributed by atoms with Crippen LogP contribution in [0.1, 0.15) is 13.8 Å². The van der Waals surface area contributed by atoms with E-state index < -0.39 is 0 Å². The molecular weight excluding hydrogens is 394 g/mol. The molecule has 0 saturated heterocycles. The van der Waals surface area contributed by atoms with Crippen LogP contribution in [0, 0.1) is 0 Å². The number of carbonyl (C=O) groups excluding carboxylic acids is 1. The normalized spacial score (nSPS) is 11.1. The summed E-state index contributed by atoms with van der Waals surface area (Å²) in [5, 5.41) is 1.36. The number of nitrogens with zero attached hydrogens (tertiary/aromatic N) is 2. The molecule has 0 aliphatic carbocycles. The Bertz CT molecular complexity index is 876. The van der Waals surface area contributed by atoms with E-state index in [1.165, 1.54) is 16.2 Å². The van der Waals surface area contributed by atoms with Crippen LogP contribution in [0.25, 0.3) is 10.2 Å². The number of halogens is 1.